The Morgan fingerprint density at radius 1 is 0.308 bits per heavy atom. The average molecular weight is 1340 g/mol. The number of carbonyl (C=O) groups excluding carboxylic acids is 4. The molecule has 0 aromatic heterocycles. The van der Waals surface area contributed by atoms with E-state index in [1.54, 1.807) is 0 Å². The van der Waals surface area contributed by atoms with Gasteiger partial charge in [-0.3, -0.25) is 37.3 Å². The van der Waals surface area contributed by atoms with Gasteiger partial charge in [0.25, 0.3) is 0 Å². The normalized spacial score (nSPS) is 15.1. The molecule has 0 rings (SSSR count). The second-order valence-electron chi connectivity index (χ2n) is 27.2. The lowest BCUT2D eigenvalue weighted by Gasteiger charge is -2.21. The number of ether oxygens (including phenoxy) is 4. The van der Waals surface area contributed by atoms with Gasteiger partial charge in [0, 0.05) is 25.7 Å². The molecule has 0 saturated carbocycles. The van der Waals surface area contributed by atoms with E-state index in [1.807, 2.05) is 0 Å². The summed E-state index contributed by atoms with van der Waals surface area (Å²) >= 11 is 0. The third-order valence-electron chi connectivity index (χ3n) is 17.7. The smallest absolute Gasteiger partial charge is 0.462 e. The minimum absolute atomic E-state index is 0.103. The van der Waals surface area contributed by atoms with E-state index in [4.69, 9.17) is 37.0 Å². The molecule has 0 fully saturated rings. The molecule has 3 N–H and O–H groups in total. The molecule has 0 amide bonds. The summed E-state index contributed by atoms with van der Waals surface area (Å²) in [4.78, 5) is 72.6. The minimum Gasteiger partial charge on any atom is -0.462 e. The zero-order valence-electron chi connectivity index (χ0n) is 59.5. The van der Waals surface area contributed by atoms with Crippen molar-refractivity contribution in [1.82, 2.24) is 0 Å². The average Bonchev–Trinajstić information content (AvgIpc) is 2.98. The fourth-order valence-electron chi connectivity index (χ4n) is 10.7. The van der Waals surface area contributed by atoms with Gasteiger partial charge in [0.1, 0.15) is 19.3 Å². The van der Waals surface area contributed by atoms with Gasteiger partial charge in [0.05, 0.1) is 26.4 Å². The van der Waals surface area contributed by atoms with E-state index in [0.29, 0.717) is 25.7 Å². The van der Waals surface area contributed by atoms with E-state index in [1.165, 1.54) is 154 Å². The molecule has 17 nitrogen and oxygen atoms in total. The molecule has 0 radical (unpaired) electrons. The van der Waals surface area contributed by atoms with Crippen LogP contribution in [0.4, 0.5) is 0 Å². The number of carbonyl (C=O) groups is 4. The van der Waals surface area contributed by atoms with Crippen LogP contribution in [0.5, 0.6) is 0 Å². The Hall–Kier alpha value is -1.94. The van der Waals surface area contributed by atoms with Gasteiger partial charge >= 0.3 is 39.5 Å². The molecule has 0 aromatic carbocycles. The van der Waals surface area contributed by atoms with E-state index in [0.717, 1.165) is 120 Å². The highest BCUT2D eigenvalue weighted by Crippen LogP contribution is 2.45. The molecule has 19 heteroatoms. The van der Waals surface area contributed by atoms with Gasteiger partial charge in [-0.1, -0.05) is 306 Å². The second-order valence-corrected chi connectivity index (χ2v) is 30.1. The summed E-state index contributed by atoms with van der Waals surface area (Å²) in [6, 6.07) is 0. The molecule has 0 heterocycles. The lowest BCUT2D eigenvalue weighted by atomic mass is 9.99. The quantitative estimate of drug-likeness (QED) is 0.0222. The monoisotopic (exact) mass is 1340 g/mol. The predicted octanol–water partition coefficient (Wildman–Crippen LogP) is 20.5. The van der Waals surface area contributed by atoms with Crippen LogP contribution in [0.25, 0.3) is 0 Å². The summed E-state index contributed by atoms with van der Waals surface area (Å²) < 4.78 is 68.3. The maximum atomic E-state index is 13.0. The molecule has 0 spiro atoms. The molecule has 0 saturated heterocycles. The summed E-state index contributed by atoms with van der Waals surface area (Å²) in [6.45, 7) is 14.1. The zero-order chi connectivity index (χ0) is 67.5. The van der Waals surface area contributed by atoms with Gasteiger partial charge in [-0.2, -0.15) is 0 Å². The van der Waals surface area contributed by atoms with Crippen molar-refractivity contribution in [3.8, 4) is 0 Å². The summed E-state index contributed by atoms with van der Waals surface area (Å²) in [5.41, 5.74) is 0. The summed E-state index contributed by atoms with van der Waals surface area (Å²) in [5, 5.41) is 10.6. The Balaban J connectivity index is 5.22. The van der Waals surface area contributed by atoms with Crippen molar-refractivity contribution in [2.75, 3.05) is 39.6 Å². The molecule has 0 aliphatic rings. The van der Waals surface area contributed by atoms with Crippen molar-refractivity contribution >= 4 is 39.5 Å². The maximum absolute atomic E-state index is 13.0. The third kappa shape index (κ3) is 62.6. The van der Waals surface area contributed by atoms with Gasteiger partial charge in [-0.25, -0.2) is 9.13 Å². The number of esters is 4. The molecular formula is C72H140O17P2. The van der Waals surface area contributed by atoms with Crippen LogP contribution in [-0.4, -0.2) is 96.7 Å². The Morgan fingerprint density at radius 3 is 0.780 bits per heavy atom. The standard InChI is InChI=1S/C72H140O17P2/c1-9-63(6)49-41-33-25-21-18-19-23-27-38-46-54-71(76)88-67(59-83-70(75)53-45-37-30-28-34-42-50-64(7)10-2)60-86-90(78,79)84-56-66(73)57-85-91(80,81)87-61-68(89-72(77)55-47-39-31-29-35-43-51-65(8)11-3)58-82-69(74)52-44-36-26-22-17-15-13-12-14-16-20-24-32-40-48-62(4)5/h62-68,73H,9-61H2,1-8H3,(H,78,79)(H,80,81)/t63?,64?,65?,66-,67+,68+/m0/s1. The number of hydrogen-bond donors (Lipinski definition) is 3. The Labute approximate surface area is 556 Å². The van der Waals surface area contributed by atoms with Gasteiger partial charge in [0.2, 0.25) is 0 Å². The van der Waals surface area contributed by atoms with Crippen molar-refractivity contribution < 1.29 is 80.2 Å². The number of unbranched alkanes of at least 4 members (excludes halogenated alkanes) is 32. The number of phosphoric ester groups is 2. The maximum Gasteiger partial charge on any atom is 0.472 e. The first-order valence-corrected chi connectivity index (χ1v) is 40.3. The first-order chi connectivity index (χ1) is 43.7. The number of phosphoric acid groups is 2. The molecule has 540 valence electrons. The molecule has 5 unspecified atom stereocenters. The van der Waals surface area contributed by atoms with E-state index >= 15 is 0 Å². The van der Waals surface area contributed by atoms with E-state index in [9.17, 15) is 43.2 Å². The number of aliphatic hydroxyl groups excluding tert-OH is 1. The number of rotatable bonds is 69. The summed E-state index contributed by atoms with van der Waals surface area (Å²) in [6.07, 6.45) is 44.4. The minimum atomic E-state index is -4.95. The molecule has 0 bridgehead atoms. The topological polar surface area (TPSA) is 237 Å². The van der Waals surface area contributed by atoms with Crippen LogP contribution in [0.15, 0.2) is 0 Å². The van der Waals surface area contributed by atoms with Gasteiger partial charge in [-0.15, -0.1) is 0 Å². The Kier molecular flexibility index (Phi) is 60.3. The Bertz CT molecular complexity index is 1800. The Morgan fingerprint density at radius 2 is 0.527 bits per heavy atom. The van der Waals surface area contributed by atoms with Crippen LogP contribution in [0.3, 0.4) is 0 Å². The first-order valence-electron chi connectivity index (χ1n) is 37.3. The fourth-order valence-corrected chi connectivity index (χ4v) is 12.3. The highest BCUT2D eigenvalue weighted by molar-refractivity contribution is 7.47. The van der Waals surface area contributed by atoms with Crippen LogP contribution in [0.2, 0.25) is 0 Å². The van der Waals surface area contributed by atoms with Crippen molar-refractivity contribution in [1.29, 1.82) is 0 Å². The van der Waals surface area contributed by atoms with Crippen LogP contribution in [-0.2, 0) is 65.4 Å². The molecule has 91 heavy (non-hydrogen) atoms. The van der Waals surface area contributed by atoms with Crippen LogP contribution < -0.4 is 0 Å². The van der Waals surface area contributed by atoms with Crippen LogP contribution in [0.1, 0.15) is 357 Å². The van der Waals surface area contributed by atoms with Crippen molar-refractivity contribution in [2.24, 2.45) is 23.7 Å². The van der Waals surface area contributed by atoms with Gasteiger partial charge in [-0.05, 0) is 49.4 Å². The van der Waals surface area contributed by atoms with E-state index in [-0.39, 0.29) is 25.7 Å². The van der Waals surface area contributed by atoms with Crippen molar-refractivity contribution in [2.45, 2.75) is 375 Å². The van der Waals surface area contributed by atoms with Crippen molar-refractivity contribution in [3.63, 3.8) is 0 Å². The molecule has 8 atom stereocenters. The van der Waals surface area contributed by atoms with E-state index < -0.39 is 97.5 Å². The van der Waals surface area contributed by atoms with Gasteiger partial charge < -0.3 is 33.8 Å². The van der Waals surface area contributed by atoms with E-state index in [2.05, 4.69) is 55.4 Å². The largest absolute Gasteiger partial charge is 0.472 e. The summed E-state index contributed by atoms with van der Waals surface area (Å²) in [7, 11) is -9.91. The molecule has 0 aliphatic heterocycles. The molecule has 0 aromatic rings. The highest BCUT2D eigenvalue weighted by atomic mass is 31.2. The van der Waals surface area contributed by atoms with Crippen molar-refractivity contribution in [3.05, 3.63) is 0 Å². The zero-order valence-corrected chi connectivity index (χ0v) is 61.3. The summed E-state index contributed by atoms with van der Waals surface area (Å²) in [5.74, 6) is 0.923. The molecule has 0 aliphatic carbocycles. The van der Waals surface area contributed by atoms with Crippen LogP contribution >= 0.6 is 15.6 Å². The lowest BCUT2D eigenvalue weighted by Crippen LogP contribution is -2.30. The second kappa shape index (κ2) is 61.6. The van der Waals surface area contributed by atoms with Gasteiger partial charge in [0.15, 0.2) is 12.2 Å². The first kappa shape index (κ1) is 89.1. The third-order valence-corrected chi connectivity index (χ3v) is 19.6. The lowest BCUT2D eigenvalue weighted by molar-refractivity contribution is -0.161. The number of hydrogen-bond acceptors (Lipinski definition) is 15. The van der Waals surface area contributed by atoms with Crippen LogP contribution in [0, 0.1) is 23.7 Å². The number of aliphatic hydroxyl groups is 1. The highest BCUT2D eigenvalue weighted by Gasteiger charge is 2.30. The fraction of sp³-hybridized carbons (Fsp3) is 0.944. The predicted molar refractivity (Wildman–Crippen MR) is 367 cm³/mol. The molecular weight excluding hydrogens is 1200 g/mol. The SMILES string of the molecule is CCC(C)CCCCCCCCCCCCC(=O)O[C@H](COC(=O)CCCCCCCCC(C)CC)COP(=O)(O)OC[C@H](O)COP(=O)(O)OC[C@@H](COC(=O)CCCCCCCCCCCCCCCCC(C)C)OC(=O)CCCCCCCCC(C)CC.